The van der Waals surface area contributed by atoms with Gasteiger partial charge < -0.3 is 16.2 Å². The third-order valence-corrected chi connectivity index (χ3v) is 4.79. The van der Waals surface area contributed by atoms with Crippen molar-refractivity contribution >= 4 is 11.7 Å². The molecular formula is C21H34N2O3. The molecule has 5 nitrogen and oxygen atoms in total. The van der Waals surface area contributed by atoms with E-state index in [-0.39, 0.29) is 23.9 Å². The van der Waals surface area contributed by atoms with Gasteiger partial charge in [0.2, 0.25) is 5.91 Å². The minimum Gasteiger partial charge on any atom is -0.508 e. The summed E-state index contributed by atoms with van der Waals surface area (Å²) in [5.41, 5.74) is 5.26. The van der Waals surface area contributed by atoms with Gasteiger partial charge in [-0.15, -0.1) is 0 Å². The molecule has 1 aliphatic carbocycles. The number of carbonyl (C=O) groups is 2. The molecule has 0 saturated heterocycles. The molecule has 0 fully saturated rings. The zero-order valence-electron chi connectivity index (χ0n) is 16.2. The van der Waals surface area contributed by atoms with Gasteiger partial charge in [0.1, 0.15) is 11.3 Å². The average molecular weight is 363 g/mol. The molecule has 0 saturated carbocycles. The highest BCUT2D eigenvalue weighted by Crippen LogP contribution is 2.24. The fraction of sp³-hybridized carbons (Fsp3) is 0.619. The van der Waals surface area contributed by atoms with Crippen LogP contribution >= 0.6 is 0 Å². The fourth-order valence-electron chi connectivity index (χ4n) is 3.06. The summed E-state index contributed by atoms with van der Waals surface area (Å²) in [6, 6.07) is -0.644. The molecule has 0 aromatic heterocycles. The summed E-state index contributed by atoms with van der Waals surface area (Å²) in [4.78, 5) is 25.0. The van der Waals surface area contributed by atoms with Crippen molar-refractivity contribution < 1.29 is 14.7 Å². The molecule has 1 amide bonds. The zero-order valence-corrected chi connectivity index (χ0v) is 16.2. The molecule has 0 aliphatic heterocycles. The summed E-state index contributed by atoms with van der Waals surface area (Å²) < 4.78 is 0. The van der Waals surface area contributed by atoms with Gasteiger partial charge in [0, 0.05) is 12.0 Å². The summed E-state index contributed by atoms with van der Waals surface area (Å²) in [5.74, 6) is -0.530. The number of carbonyl (C=O) groups excluding carboxylic acids is 2. The molecule has 4 N–H and O–H groups in total. The second-order valence-corrected chi connectivity index (χ2v) is 7.25. The van der Waals surface area contributed by atoms with Crippen LogP contribution in [0.4, 0.5) is 0 Å². The Morgan fingerprint density at radius 1 is 1.27 bits per heavy atom. The first-order chi connectivity index (χ1) is 12.3. The van der Waals surface area contributed by atoms with Crippen molar-refractivity contribution in [3.05, 3.63) is 36.1 Å². The molecule has 0 heterocycles. The first kappa shape index (κ1) is 22.2. The molecule has 26 heavy (non-hydrogen) atoms. The van der Waals surface area contributed by atoms with Crippen LogP contribution in [0.1, 0.15) is 71.6 Å². The number of aliphatic hydroxyl groups excluding tert-OH is 1. The van der Waals surface area contributed by atoms with Gasteiger partial charge in [0.15, 0.2) is 5.78 Å². The fourth-order valence-corrected chi connectivity index (χ4v) is 3.06. The van der Waals surface area contributed by atoms with E-state index in [0.717, 1.165) is 19.3 Å². The minimum atomic E-state index is -1.21. The SMILES string of the molecule is C=C(C)C(=O)NC1(C(=O)C(N)CCCCCCCCC)C=CC(O)=CC1. The number of nitrogens with one attached hydrogen (secondary N) is 1. The largest absolute Gasteiger partial charge is 0.508 e. The van der Waals surface area contributed by atoms with E-state index in [9.17, 15) is 14.7 Å². The Balaban J connectivity index is 2.61. The Morgan fingerprint density at radius 3 is 2.42 bits per heavy atom. The molecule has 5 heteroatoms. The summed E-state index contributed by atoms with van der Waals surface area (Å²) in [5, 5.41) is 12.3. The van der Waals surface area contributed by atoms with Crippen LogP contribution in [0.15, 0.2) is 36.1 Å². The highest BCUT2D eigenvalue weighted by atomic mass is 16.3. The number of aliphatic hydroxyl groups is 1. The molecule has 0 spiro atoms. The van der Waals surface area contributed by atoms with Crippen LogP contribution in [0.25, 0.3) is 0 Å². The Morgan fingerprint density at radius 2 is 1.88 bits per heavy atom. The van der Waals surface area contributed by atoms with Gasteiger partial charge in [-0.3, -0.25) is 9.59 Å². The van der Waals surface area contributed by atoms with Crippen molar-refractivity contribution in [3.63, 3.8) is 0 Å². The monoisotopic (exact) mass is 362 g/mol. The van der Waals surface area contributed by atoms with Gasteiger partial charge in [0.25, 0.3) is 0 Å². The van der Waals surface area contributed by atoms with Gasteiger partial charge >= 0.3 is 0 Å². The van der Waals surface area contributed by atoms with E-state index in [2.05, 4.69) is 18.8 Å². The van der Waals surface area contributed by atoms with Crippen molar-refractivity contribution in [3.8, 4) is 0 Å². The quantitative estimate of drug-likeness (QED) is 0.363. The number of hydrogen-bond acceptors (Lipinski definition) is 4. The Bertz CT molecular complexity index is 566. The lowest BCUT2D eigenvalue weighted by Crippen LogP contribution is -2.58. The van der Waals surface area contributed by atoms with Crippen LogP contribution in [0, 0.1) is 0 Å². The molecule has 0 aromatic rings. The zero-order chi connectivity index (χ0) is 19.6. The van der Waals surface area contributed by atoms with Crippen molar-refractivity contribution in [2.24, 2.45) is 5.73 Å². The third-order valence-electron chi connectivity index (χ3n) is 4.79. The number of Topliss-reactive ketones (excluding diaryl/α,β-unsaturated/α-hetero) is 1. The number of unbranched alkanes of at least 4 members (excludes halogenated alkanes) is 6. The van der Waals surface area contributed by atoms with Crippen LogP contribution in [0.5, 0.6) is 0 Å². The number of nitrogens with two attached hydrogens (primary N) is 1. The van der Waals surface area contributed by atoms with Crippen molar-refractivity contribution in [1.82, 2.24) is 5.32 Å². The Labute approximate surface area is 157 Å². The van der Waals surface area contributed by atoms with Gasteiger partial charge in [-0.2, -0.15) is 0 Å². The molecular weight excluding hydrogens is 328 g/mol. The first-order valence-corrected chi connectivity index (χ1v) is 9.68. The molecule has 1 rings (SSSR count). The van der Waals surface area contributed by atoms with E-state index < -0.39 is 11.6 Å². The number of rotatable bonds is 12. The predicted molar refractivity (Wildman–Crippen MR) is 106 cm³/mol. The van der Waals surface area contributed by atoms with Crippen molar-refractivity contribution in [1.29, 1.82) is 0 Å². The second kappa shape index (κ2) is 11.0. The van der Waals surface area contributed by atoms with Gasteiger partial charge in [0.05, 0.1) is 6.04 Å². The van der Waals surface area contributed by atoms with Crippen LogP contribution in [0.2, 0.25) is 0 Å². The lowest BCUT2D eigenvalue weighted by molar-refractivity contribution is -0.129. The maximum absolute atomic E-state index is 13.0. The maximum Gasteiger partial charge on any atom is 0.247 e. The lowest BCUT2D eigenvalue weighted by atomic mass is 9.81. The van der Waals surface area contributed by atoms with E-state index >= 15 is 0 Å². The molecule has 1 aliphatic rings. The smallest absolute Gasteiger partial charge is 0.247 e. The molecule has 146 valence electrons. The summed E-state index contributed by atoms with van der Waals surface area (Å²) in [6.07, 6.45) is 13.4. The van der Waals surface area contributed by atoms with E-state index in [1.165, 1.54) is 43.9 Å². The normalized spacial score (nSPS) is 20.3. The topological polar surface area (TPSA) is 92.4 Å². The average Bonchev–Trinajstić information content (AvgIpc) is 2.62. The third kappa shape index (κ3) is 6.79. The first-order valence-electron chi connectivity index (χ1n) is 9.68. The van der Waals surface area contributed by atoms with Crippen LogP contribution < -0.4 is 11.1 Å². The summed E-state index contributed by atoms with van der Waals surface area (Å²) in [6.45, 7) is 7.40. The second-order valence-electron chi connectivity index (χ2n) is 7.25. The Kier molecular flexibility index (Phi) is 9.35. The number of hydrogen-bond donors (Lipinski definition) is 3. The molecule has 2 unspecified atom stereocenters. The number of amides is 1. The molecule has 2 atom stereocenters. The van der Waals surface area contributed by atoms with Crippen LogP contribution in [-0.2, 0) is 9.59 Å². The van der Waals surface area contributed by atoms with Gasteiger partial charge in [-0.1, -0.05) is 58.4 Å². The lowest BCUT2D eigenvalue weighted by Gasteiger charge is -2.33. The van der Waals surface area contributed by atoms with Crippen molar-refractivity contribution in [2.75, 3.05) is 0 Å². The molecule has 0 bridgehead atoms. The highest BCUT2D eigenvalue weighted by molar-refractivity contribution is 6.02. The van der Waals surface area contributed by atoms with E-state index in [0.29, 0.717) is 12.0 Å². The minimum absolute atomic E-state index is 0.0821. The van der Waals surface area contributed by atoms with Gasteiger partial charge in [-0.05, 0) is 31.6 Å². The highest BCUT2D eigenvalue weighted by Gasteiger charge is 2.40. The summed E-state index contributed by atoms with van der Waals surface area (Å²) >= 11 is 0. The number of allylic oxidation sites excluding steroid dienone is 1. The standard InChI is InChI=1S/C21H34N2O3/c1-4-5-6-7-8-9-10-11-18(22)19(25)21(23-20(26)16(2)3)14-12-17(24)13-15-21/h12-14,18,24H,2,4-11,15,22H2,1,3H3,(H,23,26). The van der Waals surface area contributed by atoms with E-state index in [1.54, 1.807) is 6.92 Å². The van der Waals surface area contributed by atoms with E-state index in [1.807, 2.05) is 0 Å². The maximum atomic E-state index is 13.0. The van der Waals surface area contributed by atoms with Crippen LogP contribution in [0.3, 0.4) is 0 Å². The van der Waals surface area contributed by atoms with E-state index in [4.69, 9.17) is 5.73 Å². The summed E-state index contributed by atoms with van der Waals surface area (Å²) in [7, 11) is 0. The molecule has 0 radical (unpaired) electrons. The van der Waals surface area contributed by atoms with Crippen LogP contribution in [-0.4, -0.2) is 28.4 Å². The van der Waals surface area contributed by atoms with Gasteiger partial charge in [-0.25, -0.2) is 0 Å². The predicted octanol–water partition coefficient (Wildman–Crippen LogP) is 3.86. The Hall–Kier alpha value is -1.88. The number of ketones is 1. The molecule has 0 aromatic carbocycles. The van der Waals surface area contributed by atoms with Crippen molar-refractivity contribution in [2.45, 2.75) is 83.2 Å².